The molecular formula is C47H31N3. The number of hydrogen-bond acceptors (Lipinski definition) is 3. The van der Waals surface area contributed by atoms with E-state index in [2.05, 4.69) is 115 Å². The molecule has 8 aromatic rings. The summed E-state index contributed by atoms with van der Waals surface area (Å²) in [7, 11) is 0. The van der Waals surface area contributed by atoms with Gasteiger partial charge in [-0.05, 0) is 68.1 Å². The molecule has 2 aliphatic rings. The van der Waals surface area contributed by atoms with E-state index in [1.807, 2.05) is 60.7 Å². The quantitative estimate of drug-likeness (QED) is 0.193. The Labute approximate surface area is 291 Å². The van der Waals surface area contributed by atoms with Crippen molar-refractivity contribution in [3.63, 3.8) is 0 Å². The zero-order valence-corrected chi connectivity index (χ0v) is 27.3. The van der Waals surface area contributed by atoms with Gasteiger partial charge in [0.1, 0.15) is 0 Å². The lowest BCUT2D eigenvalue weighted by Crippen LogP contribution is -2.34. The fourth-order valence-corrected chi connectivity index (χ4v) is 8.22. The molecule has 0 radical (unpaired) electrons. The van der Waals surface area contributed by atoms with Gasteiger partial charge in [-0.1, -0.05) is 170 Å². The van der Waals surface area contributed by atoms with Gasteiger partial charge in [-0.25, -0.2) is 15.0 Å². The third-order valence-electron chi connectivity index (χ3n) is 10.4. The molecule has 0 unspecified atom stereocenters. The van der Waals surface area contributed by atoms with Gasteiger partial charge in [-0.3, -0.25) is 0 Å². The van der Waals surface area contributed by atoms with Crippen molar-refractivity contribution in [2.75, 3.05) is 0 Å². The number of fused-ring (bicyclic) bond motifs is 9. The minimum atomic E-state index is -0.375. The molecule has 0 aliphatic heterocycles. The Balaban J connectivity index is 1.11. The minimum absolute atomic E-state index is 0.375. The van der Waals surface area contributed by atoms with Crippen LogP contribution in [0, 0.1) is 0 Å². The molecule has 10 rings (SSSR count). The van der Waals surface area contributed by atoms with E-state index < -0.39 is 0 Å². The van der Waals surface area contributed by atoms with Crippen LogP contribution in [-0.4, -0.2) is 15.0 Å². The Kier molecular flexibility index (Phi) is 6.47. The number of benzene rings is 7. The van der Waals surface area contributed by atoms with Crippen LogP contribution in [0.5, 0.6) is 0 Å². The summed E-state index contributed by atoms with van der Waals surface area (Å²) in [4.78, 5) is 14.8. The van der Waals surface area contributed by atoms with Gasteiger partial charge in [-0.2, -0.15) is 0 Å². The minimum Gasteiger partial charge on any atom is -0.208 e. The zero-order chi connectivity index (χ0) is 33.1. The van der Waals surface area contributed by atoms with Crippen LogP contribution in [0.4, 0.5) is 0 Å². The molecule has 1 spiro atoms. The molecule has 0 saturated heterocycles. The molecule has 234 valence electrons. The monoisotopic (exact) mass is 637 g/mol. The lowest BCUT2D eigenvalue weighted by atomic mass is 9.61. The number of aromatic nitrogens is 3. The summed E-state index contributed by atoms with van der Waals surface area (Å²) in [5, 5.41) is 0. The van der Waals surface area contributed by atoms with Crippen LogP contribution >= 0.6 is 0 Å². The smallest absolute Gasteiger partial charge is 0.164 e. The second-order valence-corrected chi connectivity index (χ2v) is 13.2. The highest BCUT2D eigenvalue weighted by Gasteiger charge is 2.49. The fraction of sp³-hybridized carbons (Fsp3) is 0.0426. The molecule has 7 aromatic carbocycles. The van der Waals surface area contributed by atoms with Gasteiger partial charge in [-0.15, -0.1) is 0 Å². The maximum absolute atomic E-state index is 4.95. The second kappa shape index (κ2) is 11.3. The van der Waals surface area contributed by atoms with Crippen molar-refractivity contribution < 1.29 is 0 Å². The molecule has 0 amide bonds. The van der Waals surface area contributed by atoms with Crippen LogP contribution in [0.15, 0.2) is 176 Å². The number of nitrogens with zero attached hydrogens (tertiary/aromatic N) is 3. The molecule has 2 aliphatic carbocycles. The normalized spacial score (nSPS) is 13.3. The van der Waals surface area contributed by atoms with Gasteiger partial charge >= 0.3 is 0 Å². The molecule has 1 heterocycles. The number of hydrogen-bond donors (Lipinski definition) is 0. The van der Waals surface area contributed by atoms with Gasteiger partial charge in [0.2, 0.25) is 0 Å². The van der Waals surface area contributed by atoms with E-state index in [9.17, 15) is 0 Å². The summed E-state index contributed by atoms with van der Waals surface area (Å²) in [6.07, 6.45) is 0.946. The summed E-state index contributed by atoms with van der Waals surface area (Å²) < 4.78 is 0. The molecular weight excluding hydrogens is 607 g/mol. The Morgan fingerprint density at radius 3 is 1.32 bits per heavy atom. The maximum atomic E-state index is 4.95. The van der Waals surface area contributed by atoms with Gasteiger partial charge < -0.3 is 0 Å². The van der Waals surface area contributed by atoms with Crippen molar-refractivity contribution in [3.8, 4) is 56.4 Å². The topological polar surface area (TPSA) is 38.7 Å². The molecule has 3 nitrogen and oxygen atoms in total. The molecule has 0 atom stereocenters. The molecule has 50 heavy (non-hydrogen) atoms. The van der Waals surface area contributed by atoms with Gasteiger partial charge in [0, 0.05) is 16.7 Å². The summed E-state index contributed by atoms with van der Waals surface area (Å²) in [5.41, 5.74) is 15.7. The van der Waals surface area contributed by atoms with Gasteiger partial charge in [0.05, 0.1) is 5.41 Å². The van der Waals surface area contributed by atoms with Crippen LogP contribution < -0.4 is 0 Å². The lowest BCUT2D eigenvalue weighted by molar-refractivity contribution is 0.722. The average molecular weight is 638 g/mol. The van der Waals surface area contributed by atoms with E-state index >= 15 is 0 Å². The first kappa shape index (κ1) is 28.6. The van der Waals surface area contributed by atoms with Crippen LogP contribution in [0.25, 0.3) is 56.4 Å². The highest BCUT2D eigenvalue weighted by molar-refractivity contribution is 5.89. The molecule has 0 N–H and O–H groups in total. The second-order valence-electron chi connectivity index (χ2n) is 13.2. The van der Waals surface area contributed by atoms with Crippen molar-refractivity contribution in [2.24, 2.45) is 0 Å². The Hall–Kier alpha value is -6.45. The van der Waals surface area contributed by atoms with E-state index in [1.54, 1.807) is 0 Å². The summed E-state index contributed by atoms with van der Waals surface area (Å²) in [5.74, 6) is 1.98. The molecule has 0 saturated carbocycles. The SMILES string of the molecule is c1ccc(-c2nc(-c3ccccc3)nc(-c3ccc(-c4ccc5c(c4)C4(c6ccccc6Cc6ccccc64)c4ccccc4-5)cc3)n2)cc1. The van der Waals surface area contributed by atoms with Crippen LogP contribution in [0.1, 0.15) is 33.4 Å². The van der Waals surface area contributed by atoms with E-state index in [4.69, 9.17) is 15.0 Å². The van der Waals surface area contributed by atoms with Gasteiger partial charge in [0.25, 0.3) is 0 Å². The van der Waals surface area contributed by atoms with Crippen molar-refractivity contribution in [3.05, 3.63) is 209 Å². The average Bonchev–Trinajstić information content (AvgIpc) is 3.48. The van der Waals surface area contributed by atoms with E-state index in [0.29, 0.717) is 17.5 Å². The third kappa shape index (κ3) is 4.33. The standard InChI is InChI=1S/C47H31N3/c1-3-13-32(14-4-1)44-48-45(33-15-5-2-6-16-33)50-46(49-44)34-25-23-31(24-26-34)35-27-28-39-38-19-9-12-22-42(38)47(43(39)30-35)40-20-10-7-17-36(40)29-37-18-8-11-21-41(37)47/h1-28,30H,29H2. The number of rotatable bonds is 4. The van der Waals surface area contributed by atoms with Crippen molar-refractivity contribution >= 4 is 0 Å². The summed E-state index contributed by atoms with van der Waals surface area (Å²) >= 11 is 0. The van der Waals surface area contributed by atoms with E-state index in [1.165, 1.54) is 50.1 Å². The first-order valence-corrected chi connectivity index (χ1v) is 17.2. The third-order valence-corrected chi connectivity index (χ3v) is 10.4. The molecule has 3 heteroatoms. The van der Waals surface area contributed by atoms with E-state index in [-0.39, 0.29) is 5.41 Å². The maximum Gasteiger partial charge on any atom is 0.164 e. The molecule has 1 aromatic heterocycles. The summed E-state index contributed by atoms with van der Waals surface area (Å²) in [6, 6.07) is 63.0. The molecule has 0 fully saturated rings. The Morgan fingerprint density at radius 1 is 0.320 bits per heavy atom. The van der Waals surface area contributed by atoms with Gasteiger partial charge in [0.15, 0.2) is 17.5 Å². The van der Waals surface area contributed by atoms with Crippen molar-refractivity contribution in [1.29, 1.82) is 0 Å². The fourth-order valence-electron chi connectivity index (χ4n) is 8.22. The highest BCUT2D eigenvalue weighted by atomic mass is 15.0. The molecule has 0 bridgehead atoms. The van der Waals surface area contributed by atoms with Crippen molar-refractivity contribution in [1.82, 2.24) is 15.0 Å². The zero-order valence-electron chi connectivity index (χ0n) is 27.3. The van der Waals surface area contributed by atoms with Crippen molar-refractivity contribution in [2.45, 2.75) is 11.8 Å². The largest absolute Gasteiger partial charge is 0.208 e. The van der Waals surface area contributed by atoms with E-state index in [0.717, 1.165) is 28.7 Å². The first-order chi connectivity index (χ1) is 24.8. The predicted octanol–water partition coefficient (Wildman–Crippen LogP) is 10.8. The predicted molar refractivity (Wildman–Crippen MR) is 202 cm³/mol. The highest BCUT2D eigenvalue weighted by Crippen LogP contribution is 2.59. The lowest BCUT2D eigenvalue weighted by Gasteiger charge is -2.40. The summed E-state index contributed by atoms with van der Waals surface area (Å²) in [6.45, 7) is 0. The van der Waals surface area contributed by atoms with Crippen LogP contribution in [0.2, 0.25) is 0 Å². The van der Waals surface area contributed by atoms with Crippen LogP contribution in [0.3, 0.4) is 0 Å². The van der Waals surface area contributed by atoms with Crippen LogP contribution in [-0.2, 0) is 11.8 Å². The Bertz CT molecular complexity index is 2450. The Morgan fingerprint density at radius 2 is 0.740 bits per heavy atom. The first-order valence-electron chi connectivity index (χ1n) is 17.2.